The van der Waals surface area contributed by atoms with Crippen molar-refractivity contribution in [1.29, 1.82) is 0 Å². The molecule has 170 valence electrons. The van der Waals surface area contributed by atoms with Crippen LogP contribution in [0.5, 0.6) is 11.5 Å². The van der Waals surface area contributed by atoms with Crippen LogP contribution in [0, 0.1) is 0 Å². The van der Waals surface area contributed by atoms with Gasteiger partial charge in [-0.15, -0.1) is 0 Å². The molecule has 2 aromatic rings. The van der Waals surface area contributed by atoms with Crippen LogP contribution in [0.4, 0.5) is 0 Å². The van der Waals surface area contributed by atoms with Gasteiger partial charge < -0.3 is 14.4 Å². The predicted octanol–water partition coefficient (Wildman–Crippen LogP) is 3.59. The van der Waals surface area contributed by atoms with Gasteiger partial charge in [-0.3, -0.25) is 4.79 Å². The molecule has 0 bridgehead atoms. The van der Waals surface area contributed by atoms with E-state index in [1.165, 1.54) is 0 Å². The standard InChI is InChI=1S/C24H27NO6S/c26-23(25(19-8-4-5-9-19)20-13-14-32(28,29)17-20)16-30-24(27)18-7-6-12-22(15-18)31-21-10-2-1-3-11-21/h1-3,6-7,10-12,15,19-20H,4-5,8-9,13-14,16-17H2. The third kappa shape index (κ3) is 5.48. The topological polar surface area (TPSA) is 90.0 Å². The van der Waals surface area contributed by atoms with Crippen molar-refractivity contribution in [1.82, 2.24) is 4.90 Å². The second-order valence-corrected chi connectivity index (χ2v) is 10.5. The molecule has 7 nitrogen and oxygen atoms in total. The van der Waals surface area contributed by atoms with Crippen LogP contribution < -0.4 is 4.74 Å². The third-order valence-electron chi connectivity index (χ3n) is 5.98. The molecule has 1 heterocycles. The zero-order chi connectivity index (χ0) is 22.6. The number of carbonyl (C=O) groups excluding carboxylic acids is 2. The van der Waals surface area contributed by atoms with Crippen molar-refractivity contribution in [2.75, 3.05) is 18.1 Å². The molecule has 0 aromatic heterocycles. The Bertz CT molecular complexity index is 1060. The van der Waals surface area contributed by atoms with Crippen LogP contribution in [0.3, 0.4) is 0 Å². The summed E-state index contributed by atoms with van der Waals surface area (Å²) >= 11 is 0. The quantitative estimate of drug-likeness (QED) is 0.590. The van der Waals surface area contributed by atoms with E-state index in [-0.39, 0.29) is 35.1 Å². The van der Waals surface area contributed by atoms with Crippen molar-refractivity contribution in [2.45, 2.75) is 44.2 Å². The largest absolute Gasteiger partial charge is 0.457 e. The first-order valence-corrected chi connectivity index (χ1v) is 12.7. The van der Waals surface area contributed by atoms with Crippen LogP contribution in [0.2, 0.25) is 0 Å². The molecule has 1 amide bonds. The van der Waals surface area contributed by atoms with Gasteiger partial charge in [-0.1, -0.05) is 37.1 Å². The minimum atomic E-state index is -3.12. The van der Waals surface area contributed by atoms with Gasteiger partial charge in [0.25, 0.3) is 5.91 Å². The lowest BCUT2D eigenvalue weighted by Gasteiger charge is -2.33. The van der Waals surface area contributed by atoms with E-state index in [1.807, 2.05) is 30.3 Å². The molecule has 2 aromatic carbocycles. The molecule has 4 rings (SSSR count). The first-order chi connectivity index (χ1) is 15.4. The average Bonchev–Trinajstić information content (AvgIpc) is 3.43. The Hall–Kier alpha value is -2.87. The first-order valence-electron chi connectivity index (χ1n) is 10.9. The Morgan fingerprint density at radius 2 is 1.62 bits per heavy atom. The lowest BCUT2D eigenvalue weighted by Crippen LogP contribution is -2.48. The highest BCUT2D eigenvalue weighted by Crippen LogP contribution is 2.29. The number of hydrogen-bond acceptors (Lipinski definition) is 6. The van der Waals surface area contributed by atoms with Gasteiger partial charge >= 0.3 is 5.97 Å². The second kappa shape index (κ2) is 9.73. The van der Waals surface area contributed by atoms with Gasteiger partial charge in [0.15, 0.2) is 16.4 Å². The summed E-state index contributed by atoms with van der Waals surface area (Å²) < 4.78 is 35.0. The summed E-state index contributed by atoms with van der Waals surface area (Å²) in [7, 11) is -3.12. The normalized spacial score (nSPS) is 20.1. The van der Waals surface area contributed by atoms with Crippen LogP contribution in [0.25, 0.3) is 0 Å². The molecule has 2 fully saturated rings. The molecule has 1 atom stereocenters. The summed E-state index contributed by atoms with van der Waals surface area (Å²) in [6, 6.07) is 15.5. The number of nitrogens with zero attached hydrogens (tertiary/aromatic N) is 1. The molecule has 1 saturated heterocycles. The summed E-state index contributed by atoms with van der Waals surface area (Å²) in [6.07, 6.45) is 4.19. The minimum absolute atomic E-state index is 0.0118. The van der Waals surface area contributed by atoms with Gasteiger partial charge in [0.05, 0.1) is 17.1 Å². The second-order valence-electron chi connectivity index (χ2n) is 8.32. The number of carbonyl (C=O) groups is 2. The summed E-state index contributed by atoms with van der Waals surface area (Å²) in [6.45, 7) is -0.407. The summed E-state index contributed by atoms with van der Waals surface area (Å²) in [4.78, 5) is 27.3. The molecule has 1 unspecified atom stereocenters. The number of sulfone groups is 1. The van der Waals surface area contributed by atoms with E-state index in [0.717, 1.165) is 25.7 Å². The van der Waals surface area contributed by atoms with Crippen LogP contribution in [0.15, 0.2) is 54.6 Å². The van der Waals surface area contributed by atoms with Crippen molar-refractivity contribution in [2.24, 2.45) is 0 Å². The van der Waals surface area contributed by atoms with Gasteiger partial charge in [0, 0.05) is 12.1 Å². The van der Waals surface area contributed by atoms with Crippen molar-refractivity contribution >= 4 is 21.7 Å². The van der Waals surface area contributed by atoms with E-state index in [4.69, 9.17) is 9.47 Å². The number of amides is 1. The van der Waals surface area contributed by atoms with E-state index in [1.54, 1.807) is 29.2 Å². The van der Waals surface area contributed by atoms with Crippen LogP contribution >= 0.6 is 0 Å². The number of hydrogen-bond donors (Lipinski definition) is 0. The molecule has 1 aliphatic carbocycles. The molecular formula is C24H27NO6S. The highest BCUT2D eigenvalue weighted by atomic mass is 32.2. The number of esters is 1. The maximum absolute atomic E-state index is 13.0. The molecule has 1 saturated carbocycles. The van der Waals surface area contributed by atoms with E-state index in [0.29, 0.717) is 17.9 Å². The molecule has 8 heteroatoms. The van der Waals surface area contributed by atoms with Crippen LogP contribution in [-0.4, -0.2) is 55.4 Å². The molecular weight excluding hydrogens is 430 g/mol. The zero-order valence-corrected chi connectivity index (χ0v) is 18.6. The fourth-order valence-electron chi connectivity index (χ4n) is 4.48. The monoisotopic (exact) mass is 457 g/mol. The fourth-order valence-corrected chi connectivity index (χ4v) is 6.19. The Morgan fingerprint density at radius 3 is 2.31 bits per heavy atom. The third-order valence-corrected chi connectivity index (χ3v) is 7.73. The Morgan fingerprint density at radius 1 is 0.906 bits per heavy atom. The Kier molecular flexibility index (Phi) is 6.79. The Labute approximate surface area is 188 Å². The molecule has 0 N–H and O–H groups in total. The van der Waals surface area contributed by atoms with Gasteiger partial charge in [-0.05, 0) is 49.6 Å². The van der Waals surface area contributed by atoms with Crippen LogP contribution in [-0.2, 0) is 19.4 Å². The van der Waals surface area contributed by atoms with Gasteiger partial charge in [0.2, 0.25) is 0 Å². The van der Waals surface area contributed by atoms with E-state index >= 15 is 0 Å². The lowest BCUT2D eigenvalue weighted by atomic mass is 10.1. The van der Waals surface area contributed by atoms with Crippen molar-refractivity contribution in [3.8, 4) is 11.5 Å². The van der Waals surface area contributed by atoms with E-state index in [9.17, 15) is 18.0 Å². The van der Waals surface area contributed by atoms with Crippen molar-refractivity contribution in [3.63, 3.8) is 0 Å². The molecule has 32 heavy (non-hydrogen) atoms. The highest BCUT2D eigenvalue weighted by molar-refractivity contribution is 7.91. The average molecular weight is 458 g/mol. The van der Waals surface area contributed by atoms with Crippen molar-refractivity contribution in [3.05, 3.63) is 60.2 Å². The number of para-hydroxylation sites is 1. The highest BCUT2D eigenvalue weighted by Gasteiger charge is 2.39. The predicted molar refractivity (Wildman–Crippen MR) is 119 cm³/mol. The van der Waals surface area contributed by atoms with E-state index in [2.05, 4.69) is 0 Å². The number of benzene rings is 2. The van der Waals surface area contributed by atoms with Gasteiger partial charge in [0.1, 0.15) is 11.5 Å². The van der Waals surface area contributed by atoms with Gasteiger partial charge in [-0.2, -0.15) is 0 Å². The Balaban J connectivity index is 1.40. The SMILES string of the molecule is O=C(OCC(=O)N(C1CCCC1)C1CCS(=O)(=O)C1)c1cccc(Oc2ccccc2)c1. The zero-order valence-electron chi connectivity index (χ0n) is 17.8. The molecule has 0 radical (unpaired) electrons. The lowest BCUT2D eigenvalue weighted by molar-refractivity contribution is -0.139. The van der Waals surface area contributed by atoms with E-state index < -0.39 is 22.4 Å². The smallest absolute Gasteiger partial charge is 0.338 e. The van der Waals surface area contributed by atoms with Gasteiger partial charge in [-0.25, -0.2) is 13.2 Å². The van der Waals surface area contributed by atoms with Crippen molar-refractivity contribution < 1.29 is 27.5 Å². The number of rotatable bonds is 7. The summed E-state index contributed by atoms with van der Waals surface area (Å²) in [5.41, 5.74) is 0.280. The fraction of sp³-hybridized carbons (Fsp3) is 0.417. The number of ether oxygens (including phenoxy) is 2. The maximum Gasteiger partial charge on any atom is 0.338 e. The minimum Gasteiger partial charge on any atom is -0.457 e. The maximum atomic E-state index is 13.0. The molecule has 1 aliphatic heterocycles. The summed E-state index contributed by atoms with van der Waals surface area (Å²) in [5.74, 6) is 0.267. The molecule has 0 spiro atoms. The van der Waals surface area contributed by atoms with Crippen LogP contribution in [0.1, 0.15) is 42.5 Å². The summed E-state index contributed by atoms with van der Waals surface area (Å²) in [5, 5.41) is 0. The first kappa shape index (κ1) is 22.3. The molecule has 2 aliphatic rings.